The first-order valence-corrected chi connectivity index (χ1v) is 9.77. The van der Waals surface area contributed by atoms with Crippen molar-refractivity contribution in [3.63, 3.8) is 0 Å². The number of nitrogens with two attached hydrogens (primary N) is 1. The highest BCUT2D eigenvalue weighted by Crippen LogP contribution is 2.33. The van der Waals surface area contributed by atoms with Gasteiger partial charge in [-0.1, -0.05) is 30.3 Å². The van der Waals surface area contributed by atoms with Crippen LogP contribution in [-0.4, -0.2) is 41.0 Å². The summed E-state index contributed by atoms with van der Waals surface area (Å²) in [6.45, 7) is 1.18. The van der Waals surface area contributed by atoms with Crippen LogP contribution in [0.3, 0.4) is 0 Å². The molecule has 8 nitrogen and oxygen atoms in total. The molecular formula is C21H19N3O5S. The number of amides is 4. The number of carbonyl (C=O) groups is 4. The molecule has 9 heteroatoms. The highest BCUT2D eigenvalue weighted by molar-refractivity contribution is 8.18. The van der Waals surface area contributed by atoms with E-state index in [2.05, 4.69) is 5.32 Å². The Labute approximate surface area is 177 Å². The number of hydrogen-bond acceptors (Lipinski definition) is 6. The van der Waals surface area contributed by atoms with Gasteiger partial charge in [0, 0.05) is 11.3 Å². The second-order valence-corrected chi connectivity index (χ2v) is 7.47. The van der Waals surface area contributed by atoms with Gasteiger partial charge < -0.3 is 15.8 Å². The van der Waals surface area contributed by atoms with Gasteiger partial charge in [0.2, 0.25) is 5.91 Å². The lowest BCUT2D eigenvalue weighted by Gasteiger charge is -2.12. The van der Waals surface area contributed by atoms with Crippen LogP contribution in [0.1, 0.15) is 11.1 Å². The Kier molecular flexibility index (Phi) is 6.53. The first-order valence-electron chi connectivity index (χ1n) is 8.95. The van der Waals surface area contributed by atoms with Gasteiger partial charge in [0.05, 0.1) is 4.91 Å². The summed E-state index contributed by atoms with van der Waals surface area (Å²) >= 11 is 0.732. The number of benzene rings is 2. The van der Waals surface area contributed by atoms with Crippen LogP contribution in [0.5, 0.6) is 5.75 Å². The molecule has 4 amide bonds. The SMILES string of the molecule is Cc1cccc(NC(=O)CN2C(=O)S/C(=C/c3ccccc3OCC(N)=O)C2=O)c1. The van der Waals surface area contributed by atoms with Gasteiger partial charge in [-0.15, -0.1) is 0 Å². The zero-order valence-electron chi connectivity index (χ0n) is 16.1. The van der Waals surface area contributed by atoms with Crippen molar-refractivity contribution in [2.45, 2.75) is 6.92 Å². The molecule has 2 aromatic rings. The van der Waals surface area contributed by atoms with Crippen LogP contribution < -0.4 is 15.8 Å². The Balaban J connectivity index is 1.72. The molecule has 154 valence electrons. The van der Waals surface area contributed by atoms with Crippen LogP contribution in [0.2, 0.25) is 0 Å². The average Bonchev–Trinajstić information content (AvgIpc) is 2.94. The minimum absolute atomic E-state index is 0.151. The summed E-state index contributed by atoms with van der Waals surface area (Å²) in [5, 5.41) is 2.13. The second kappa shape index (κ2) is 9.27. The predicted octanol–water partition coefficient (Wildman–Crippen LogP) is 2.53. The van der Waals surface area contributed by atoms with Crippen LogP contribution >= 0.6 is 11.8 Å². The van der Waals surface area contributed by atoms with E-state index in [-0.39, 0.29) is 11.5 Å². The summed E-state index contributed by atoms with van der Waals surface area (Å²) in [5.74, 6) is -1.34. The third-order valence-electron chi connectivity index (χ3n) is 4.05. The Bertz CT molecular complexity index is 1050. The van der Waals surface area contributed by atoms with Crippen molar-refractivity contribution in [1.29, 1.82) is 0 Å². The van der Waals surface area contributed by atoms with E-state index >= 15 is 0 Å². The van der Waals surface area contributed by atoms with Crippen molar-refractivity contribution >= 4 is 46.5 Å². The number of thioether (sulfide) groups is 1. The summed E-state index contributed by atoms with van der Waals surface area (Å²) in [5.41, 5.74) is 7.16. The Hall–Kier alpha value is -3.59. The molecule has 1 heterocycles. The molecule has 3 N–H and O–H groups in total. The number of carbonyl (C=O) groups excluding carboxylic acids is 4. The number of hydrogen-bond donors (Lipinski definition) is 2. The minimum atomic E-state index is -0.634. The fraction of sp³-hybridized carbons (Fsp3) is 0.143. The van der Waals surface area contributed by atoms with E-state index in [1.165, 1.54) is 6.08 Å². The first-order chi connectivity index (χ1) is 14.3. The molecule has 1 aliphatic rings. The fourth-order valence-electron chi connectivity index (χ4n) is 2.72. The van der Waals surface area contributed by atoms with Crippen LogP contribution in [-0.2, 0) is 14.4 Å². The van der Waals surface area contributed by atoms with E-state index in [0.717, 1.165) is 22.2 Å². The first kappa shape index (κ1) is 21.1. The number of ether oxygens (including phenoxy) is 1. The molecule has 1 saturated heterocycles. The van der Waals surface area contributed by atoms with Crippen LogP contribution in [0.4, 0.5) is 10.5 Å². The minimum Gasteiger partial charge on any atom is -0.483 e. The smallest absolute Gasteiger partial charge is 0.294 e. The summed E-state index contributed by atoms with van der Waals surface area (Å²) in [7, 11) is 0. The van der Waals surface area contributed by atoms with Crippen LogP contribution in [0.25, 0.3) is 6.08 Å². The van der Waals surface area contributed by atoms with Gasteiger partial charge in [0.15, 0.2) is 6.61 Å². The molecule has 0 unspecified atom stereocenters. The van der Waals surface area contributed by atoms with Crippen molar-refractivity contribution in [3.8, 4) is 5.75 Å². The Morgan fingerprint density at radius 3 is 2.67 bits per heavy atom. The summed E-state index contributed by atoms with van der Waals surface area (Å²) in [4.78, 5) is 49.2. The highest BCUT2D eigenvalue weighted by atomic mass is 32.2. The molecule has 2 aromatic carbocycles. The number of nitrogens with one attached hydrogen (secondary N) is 1. The molecule has 30 heavy (non-hydrogen) atoms. The number of imide groups is 1. The highest BCUT2D eigenvalue weighted by Gasteiger charge is 2.36. The number of rotatable bonds is 7. The molecule has 0 atom stereocenters. The number of nitrogens with zero attached hydrogens (tertiary/aromatic N) is 1. The topological polar surface area (TPSA) is 119 Å². The summed E-state index contributed by atoms with van der Waals surface area (Å²) in [6, 6.07) is 13.9. The maximum atomic E-state index is 12.7. The van der Waals surface area contributed by atoms with E-state index in [4.69, 9.17) is 10.5 Å². The Morgan fingerprint density at radius 1 is 1.17 bits per heavy atom. The van der Waals surface area contributed by atoms with E-state index in [1.54, 1.807) is 42.5 Å². The molecule has 0 aliphatic carbocycles. The lowest BCUT2D eigenvalue weighted by Crippen LogP contribution is -2.36. The zero-order valence-corrected chi connectivity index (χ0v) is 16.9. The largest absolute Gasteiger partial charge is 0.483 e. The molecule has 0 bridgehead atoms. The number of para-hydroxylation sites is 1. The summed E-state index contributed by atoms with van der Waals surface area (Å²) < 4.78 is 5.34. The molecule has 1 aliphatic heterocycles. The van der Waals surface area contributed by atoms with Gasteiger partial charge in [-0.25, -0.2) is 0 Å². The predicted molar refractivity (Wildman–Crippen MR) is 114 cm³/mol. The van der Waals surface area contributed by atoms with E-state index in [0.29, 0.717) is 17.0 Å². The van der Waals surface area contributed by atoms with Gasteiger partial charge in [-0.05, 0) is 48.5 Å². The number of primary amides is 1. The summed E-state index contributed by atoms with van der Waals surface area (Å²) in [6.07, 6.45) is 1.49. The molecule has 0 spiro atoms. The lowest BCUT2D eigenvalue weighted by molar-refractivity contribution is -0.127. The fourth-order valence-corrected chi connectivity index (χ4v) is 3.55. The van der Waals surface area contributed by atoms with Gasteiger partial charge in [-0.2, -0.15) is 0 Å². The van der Waals surface area contributed by atoms with Crippen molar-refractivity contribution in [3.05, 3.63) is 64.6 Å². The van der Waals surface area contributed by atoms with E-state index < -0.39 is 29.5 Å². The average molecular weight is 425 g/mol. The van der Waals surface area contributed by atoms with Crippen molar-refractivity contribution in [1.82, 2.24) is 4.90 Å². The normalized spacial score (nSPS) is 14.8. The third-order valence-corrected chi connectivity index (χ3v) is 4.96. The van der Waals surface area contributed by atoms with Crippen molar-refractivity contribution < 1.29 is 23.9 Å². The lowest BCUT2D eigenvalue weighted by atomic mass is 10.2. The zero-order chi connectivity index (χ0) is 21.7. The van der Waals surface area contributed by atoms with Gasteiger partial charge in [-0.3, -0.25) is 24.1 Å². The monoisotopic (exact) mass is 425 g/mol. The van der Waals surface area contributed by atoms with Gasteiger partial charge >= 0.3 is 0 Å². The molecule has 0 radical (unpaired) electrons. The van der Waals surface area contributed by atoms with E-state index in [1.807, 2.05) is 13.0 Å². The molecule has 1 fully saturated rings. The molecule has 3 rings (SSSR count). The van der Waals surface area contributed by atoms with Crippen molar-refractivity contribution in [2.24, 2.45) is 5.73 Å². The third kappa shape index (κ3) is 5.26. The van der Waals surface area contributed by atoms with Crippen molar-refractivity contribution in [2.75, 3.05) is 18.5 Å². The van der Waals surface area contributed by atoms with E-state index in [9.17, 15) is 19.2 Å². The maximum absolute atomic E-state index is 12.7. The number of anilines is 1. The number of aryl methyl sites for hydroxylation is 1. The van der Waals surface area contributed by atoms with Crippen LogP contribution in [0.15, 0.2) is 53.4 Å². The van der Waals surface area contributed by atoms with Gasteiger partial charge in [0.1, 0.15) is 12.3 Å². The molecule has 0 saturated carbocycles. The molecule has 0 aromatic heterocycles. The van der Waals surface area contributed by atoms with Crippen LogP contribution in [0, 0.1) is 6.92 Å². The Morgan fingerprint density at radius 2 is 1.93 bits per heavy atom. The molecular weight excluding hydrogens is 406 g/mol. The quantitative estimate of drug-likeness (QED) is 0.658. The standard InChI is InChI=1S/C21H19N3O5S/c1-13-5-4-7-15(9-13)23-19(26)11-24-20(27)17(30-21(24)28)10-14-6-2-3-8-16(14)29-12-18(22)25/h2-10H,11-12H2,1H3,(H2,22,25)(H,23,26)/b17-10+. The van der Waals surface area contributed by atoms with Gasteiger partial charge in [0.25, 0.3) is 17.1 Å². The second-order valence-electron chi connectivity index (χ2n) is 6.48. The maximum Gasteiger partial charge on any atom is 0.294 e.